The van der Waals surface area contributed by atoms with E-state index in [9.17, 15) is 9.18 Å². The van der Waals surface area contributed by atoms with Crippen LogP contribution >= 0.6 is 0 Å². The van der Waals surface area contributed by atoms with Crippen molar-refractivity contribution in [2.45, 2.75) is 0 Å². The second-order valence-electron chi connectivity index (χ2n) is 2.24. The molecule has 0 amide bonds. The van der Waals surface area contributed by atoms with Crippen LogP contribution in [0.25, 0.3) is 0 Å². The first kappa shape index (κ1) is 9.51. The summed E-state index contributed by atoms with van der Waals surface area (Å²) in [4.78, 5) is 11.1. The molecule has 0 aromatic heterocycles. The molecule has 0 unspecified atom stereocenters. The molecule has 0 N–H and O–H groups in total. The zero-order valence-corrected chi connectivity index (χ0v) is 7.12. The van der Waals surface area contributed by atoms with Gasteiger partial charge in [-0.2, -0.15) is 0 Å². The van der Waals surface area contributed by atoms with E-state index in [1.807, 2.05) is 0 Å². The highest BCUT2D eigenvalue weighted by Gasteiger charge is 2.11. The number of rotatable bonds is 3. The van der Waals surface area contributed by atoms with Crippen molar-refractivity contribution < 1.29 is 18.7 Å². The molecule has 0 aliphatic rings. The van der Waals surface area contributed by atoms with Gasteiger partial charge in [-0.3, -0.25) is 0 Å². The molecule has 1 rings (SSSR count). The first-order valence-corrected chi connectivity index (χ1v) is 3.65. The number of hydrogen-bond donors (Lipinski definition) is 0. The molecule has 0 aliphatic carbocycles. The summed E-state index contributed by atoms with van der Waals surface area (Å²) in [5, 5.41) is 0. The van der Waals surface area contributed by atoms with Gasteiger partial charge in [0.15, 0.2) is 0 Å². The van der Waals surface area contributed by atoms with Gasteiger partial charge in [-0.05, 0) is 12.1 Å². The van der Waals surface area contributed by atoms with Crippen LogP contribution < -0.4 is 4.74 Å². The minimum atomic E-state index is -0.964. The summed E-state index contributed by atoms with van der Waals surface area (Å²) >= 11 is 0. The van der Waals surface area contributed by atoms with Crippen LogP contribution in [0.15, 0.2) is 24.3 Å². The number of hydrogen-bond acceptors (Lipinski definition) is 3. The number of esters is 1. The molecule has 0 bridgehead atoms. The topological polar surface area (TPSA) is 35.5 Å². The minimum absolute atomic E-state index is 0.192. The van der Waals surface area contributed by atoms with Gasteiger partial charge in [0.25, 0.3) is 0 Å². The Kier molecular flexibility index (Phi) is 3.25. The van der Waals surface area contributed by atoms with Crippen molar-refractivity contribution in [3.8, 4) is 5.75 Å². The third kappa shape index (κ3) is 2.18. The Morgan fingerprint density at radius 2 is 2.15 bits per heavy atom. The Hall–Kier alpha value is -1.58. The molecule has 1 aromatic rings. The number of halogens is 1. The van der Waals surface area contributed by atoms with Crippen LogP contribution in [0.1, 0.15) is 10.4 Å². The predicted molar refractivity (Wildman–Crippen MR) is 44.4 cm³/mol. The average molecular weight is 184 g/mol. The maximum absolute atomic E-state index is 11.9. The molecule has 0 fully saturated rings. The summed E-state index contributed by atoms with van der Waals surface area (Å²) in [5.74, 6) is -0.346. The highest BCUT2D eigenvalue weighted by atomic mass is 19.1. The molecule has 70 valence electrons. The molecule has 1 aromatic carbocycles. The van der Waals surface area contributed by atoms with Gasteiger partial charge < -0.3 is 9.47 Å². The maximum atomic E-state index is 11.9. The van der Waals surface area contributed by atoms with Crippen LogP contribution in [0, 0.1) is 0 Å². The monoisotopic (exact) mass is 184 g/mol. The summed E-state index contributed by atoms with van der Waals surface area (Å²) in [6.07, 6.45) is 0. The van der Waals surface area contributed by atoms with Crippen LogP contribution in [-0.2, 0) is 4.74 Å². The lowest BCUT2D eigenvalue weighted by molar-refractivity contribution is 0.0593. The normalized spacial score (nSPS) is 9.38. The Bertz CT molecular complexity index is 299. The number of para-hydroxylation sites is 1. The van der Waals surface area contributed by atoms with Crippen molar-refractivity contribution in [3.63, 3.8) is 0 Å². The van der Waals surface area contributed by atoms with Crippen molar-refractivity contribution in [2.75, 3.05) is 14.0 Å². The summed E-state index contributed by atoms with van der Waals surface area (Å²) in [6.45, 7) is -0.964. The van der Waals surface area contributed by atoms with Crippen molar-refractivity contribution in [1.82, 2.24) is 0 Å². The molecule has 0 heterocycles. The van der Waals surface area contributed by atoms with Crippen molar-refractivity contribution >= 4 is 5.97 Å². The van der Waals surface area contributed by atoms with E-state index in [-0.39, 0.29) is 11.3 Å². The third-order valence-corrected chi connectivity index (χ3v) is 1.50. The smallest absolute Gasteiger partial charge is 0.341 e. The predicted octanol–water partition coefficient (Wildman–Crippen LogP) is 1.78. The van der Waals surface area contributed by atoms with E-state index in [1.54, 1.807) is 12.1 Å². The highest BCUT2D eigenvalue weighted by Crippen LogP contribution is 2.18. The largest absolute Gasteiger partial charge is 0.465 e. The molecule has 0 radical (unpaired) electrons. The first-order chi connectivity index (χ1) is 6.29. The maximum Gasteiger partial charge on any atom is 0.341 e. The van der Waals surface area contributed by atoms with E-state index in [0.717, 1.165) is 0 Å². The van der Waals surface area contributed by atoms with E-state index < -0.39 is 12.8 Å². The molecular weight excluding hydrogens is 175 g/mol. The van der Waals surface area contributed by atoms with E-state index in [2.05, 4.69) is 9.47 Å². The lowest BCUT2D eigenvalue weighted by atomic mass is 10.2. The first-order valence-electron chi connectivity index (χ1n) is 3.65. The molecule has 13 heavy (non-hydrogen) atoms. The summed E-state index contributed by atoms with van der Waals surface area (Å²) in [5.41, 5.74) is 0.225. The zero-order valence-electron chi connectivity index (χ0n) is 7.12. The molecule has 0 saturated heterocycles. The van der Waals surface area contributed by atoms with Crippen LogP contribution in [0.3, 0.4) is 0 Å². The number of carbonyl (C=O) groups is 1. The molecular formula is C9H9FO3. The second kappa shape index (κ2) is 4.45. The van der Waals surface area contributed by atoms with Crippen LogP contribution in [-0.4, -0.2) is 19.9 Å². The fraction of sp³-hybridized carbons (Fsp3) is 0.222. The van der Waals surface area contributed by atoms with Gasteiger partial charge in [0.2, 0.25) is 6.86 Å². The van der Waals surface area contributed by atoms with Gasteiger partial charge >= 0.3 is 5.97 Å². The van der Waals surface area contributed by atoms with Gasteiger partial charge in [0.1, 0.15) is 11.3 Å². The molecule has 0 aliphatic heterocycles. The van der Waals surface area contributed by atoms with E-state index >= 15 is 0 Å². The van der Waals surface area contributed by atoms with E-state index in [0.29, 0.717) is 0 Å². The standard InChI is InChI=1S/C9H9FO3/c1-12-9(11)7-4-2-3-5-8(7)13-6-10/h2-5H,6H2,1H3. The second-order valence-corrected chi connectivity index (χ2v) is 2.24. The fourth-order valence-electron chi connectivity index (χ4n) is 0.930. The molecule has 4 heteroatoms. The van der Waals surface area contributed by atoms with Crippen molar-refractivity contribution in [2.24, 2.45) is 0 Å². The molecule has 3 nitrogen and oxygen atoms in total. The van der Waals surface area contributed by atoms with Gasteiger partial charge in [-0.25, -0.2) is 9.18 Å². The Morgan fingerprint density at radius 3 is 2.77 bits per heavy atom. The Labute approximate surface area is 75.1 Å². The average Bonchev–Trinajstić information content (AvgIpc) is 2.18. The third-order valence-electron chi connectivity index (χ3n) is 1.50. The Balaban J connectivity index is 2.97. The van der Waals surface area contributed by atoms with E-state index in [1.165, 1.54) is 19.2 Å². The fourth-order valence-corrected chi connectivity index (χ4v) is 0.930. The van der Waals surface area contributed by atoms with Crippen LogP contribution in [0.4, 0.5) is 4.39 Å². The number of carbonyl (C=O) groups excluding carboxylic acids is 1. The minimum Gasteiger partial charge on any atom is -0.465 e. The number of benzene rings is 1. The number of alkyl halides is 1. The SMILES string of the molecule is COC(=O)c1ccccc1OCF. The van der Waals surface area contributed by atoms with E-state index in [4.69, 9.17) is 0 Å². The summed E-state index contributed by atoms with van der Waals surface area (Å²) in [7, 11) is 1.26. The Morgan fingerprint density at radius 1 is 1.46 bits per heavy atom. The zero-order chi connectivity index (χ0) is 9.68. The number of ether oxygens (including phenoxy) is 2. The summed E-state index contributed by atoms with van der Waals surface area (Å²) in [6, 6.07) is 6.32. The van der Waals surface area contributed by atoms with Crippen molar-refractivity contribution in [1.29, 1.82) is 0 Å². The summed E-state index contributed by atoms with van der Waals surface area (Å²) < 4.78 is 20.9. The molecule has 0 saturated carbocycles. The molecule has 0 atom stereocenters. The highest BCUT2D eigenvalue weighted by molar-refractivity contribution is 5.92. The van der Waals surface area contributed by atoms with Crippen molar-refractivity contribution in [3.05, 3.63) is 29.8 Å². The lowest BCUT2D eigenvalue weighted by Gasteiger charge is -2.05. The van der Waals surface area contributed by atoms with Gasteiger partial charge in [-0.15, -0.1) is 0 Å². The molecule has 0 spiro atoms. The van der Waals surface area contributed by atoms with Crippen LogP contribution in [0.2, 0.25) is 0 Å². The lowest BCUT2D eigenvalue weighted by Crippen LogP contribution is -2.04. The van der Waals surface area contributed by atoms with Crippen LogP contribution in [0.5, 0.6) is 5.75 Å². The van der Waals surface area contributed by atoms with Gasteiger partial charge in [0, 0.05) is 0 Å². The van der Waals surface area contributed by atoms with Gasteiger partial charge in [0.05, 0.1) is 7.11 Å². The quantitative estimate of drug-likeness (QED) is 0.671. The van der Waals surface area contributed by atoms with Gasteiger partial charge in [-0.1, -0.05) is 12.1 Å². The number of methoxy groups -OCH3 is 1.